The van der Waals surface area contributed by atoms with E-state index < -0.39 is 10.4 Å². The number of hydrogen-bond acceptors (Lipinski definition) is 4. The minimum absolute atomic E-state index is 0. The summed E-state index contributed by atoms with van der Waals surface area (Å²) in [7, 11) is -5.17. The van der Waals surface area contributed by atoms with Crippen molar-refractivity contribution in [2.45, 2.75) is 6.42 Å². The SMILES string of the molecule is C=CCc1ccccc1.O=S(=O)([O-])[O-].[K+].[K+]. The first-order valence-electron chi connectivity index (χ1n) is 3.75. The summed E-state index contributed by atoms with van der Waals surface area (Å²) >= 11 is 0. The zero-order valence-electron chi connectivity index (χ0n) is 9.42. The molecule has 0 N–H and O–H groups in total. The summed E-state index contributed by atoms with van der Waals surface area (Å²) in [5.41, 5.74) is 1.33. The molecule has 0 unspecified atom stereocenters. The molecule has 0 saturated carbocycles. The first kappa shape index (κ1) is 23.2. The van der Waals surface area contributed by atoms with Gasteiger partial charge in [0.05, 0.1) is 0 Å². The summed E-state index contributed by atoms with van der Waals surface area (Å²) in [5, 5.41) is 0. The normalized spacial score (nSPS) is 8.62. The maximum absolute atomic E-state index is 8.52. The van der Waals surface area contributed by atoms with Crippen LogP contribution in [0.25, 0.3) is 0 Å². The number of rotatable bonds is 2. The van der Waals surface area contributed by atoms with E-state index in [2.05, 4.69) is 18.7 Å². The number of allylic oxidation sites excluding steroid dienone is 1. The second kappa shape index (κ2) is 13.5. The third-order valence-electron chi connectivity index (χ3n) is 1.22. The molecule has 1 rings (SSSR count). The quantitative estimate of drug-likeness (QED) is 0.237. The fourth-order valence-corrected chi connectivity index (χ4v) is 0.781. The largest absolute Gasteiger partial charge is 1.00 e. The molecule has 0 heterocycles. The maximum Gasteiger partial charge on any atom is 1.00 e. The summed E-state index contributed by atoms with van der Waals surface area (Å²) in [6.45, 7) is 3.66. The van der Waals surface area contributed by atoms with Crippen LogP contribution in [0.1, 0.15) is 5.56 Å². The Morgan fingerprint density at radius 3 is 1.81 bits per heavy atom. The third kappa shape index (κ3) is 21.4. The van der Waals surface area contributed by atoms with Crippen LogP contribution in [0.2, 0.25) is 0 Å². The van der Waals surface area contributed by atoms with Gasteiger partial charge < -0.3 is 9.11 Å². The summed E-state index contributed by atoms with van der Waals surface area (Å²) < 4.78 is 34.1. The van der Waals surface area contributed by atoms with E-state index in [0.29, 0.717) is 0 Å². The zero-order chi connectivity index (χ0) is 11.0. The van der Waals surface area contributed by atoms with E-state index in [-0.39, 0.29) is 103 Å². The van der Waals surface area contributed by atoms with Gasteiger partial charge in [0, 0.05) is 10.4 Å². The van der Waals surface area contributed by atoms with Crippen LogP contribution in [-0.2, 0) is 16.8 Å². The molecule has 1 aromatic rings. The average molecular weight is 292 g/mol. The van der Waals surface area contributed by atoms with E-state index in [9.17, 15) is 0 Å². The molecule has 0 fully saturated rings. The van der Waals surface area contributed by atoms with Gasteiger partial charge in [0.15, 0.2) is 0 Å². The van der Waals surface area contributed by atoms with Crippen molar-refractivity contribution in [3.05, 3.63) is 48.6 Å². The molecular formula is C9H10K2O4S. The molecule has 0 radical (unpaired) electrons. The van der Waals surface area contributed by atoms with Crippen LogP contribution in [0.4, 0.5) is 0 Å². The average Bonchev–Trinajstić information content (AvgIpc) is 2.03. The molecule has 0 atom stereocenters. The molecule has 0 aliphatic rings. The van der Waals surface area contributed by atoms with Crippen LogP contribution in [0.15, 0.2) is 43.0 Å². The van der Waals surface area contributed by atoms with E-state index in [4.69, 9.17) is 17.5 Å². The molecule has 0 aliphatic carbocycles. The van der Waals surface area contributed by atoms with Crippen LogP contribution in [-0.4, -0.2) is 17.5 Å². The Balaban J connectivity index is -0.000000214. The fourth-order valence-electron chi connectivity index (χ4n) is 0.781. The minimum atomic E-state index is -5.17. The number of hydrogen-bond donors (Lipinski definition) is 0. The molecular weight excluding hydrogens is 282 g/mol. The van der Waals surface area contributed by atoms with Gasteiger partial charge in [0.1, 0.15) is 0 Å². The molecule has 0 amide bonds. The zero-order valence-corrected chi connectivity index (χ0v) is 16.5. The van der Waals surface area contributed by atoms with E-state index in [1.165, 1.54) is 5.56 Å². The molecule has 7 heteroatoms. The third-order valence-corrected chi connectivity index (χ3v) is 1.22. The molecule has 4 nitrogen and oxygen atoms in total. The van der Waals surface area contributed by atoms with Gasteiger partial charge in [-0.15, -0.1) is 6.58 Å². The Morgan fingerprint density at radius 1 is 1.12 bits per heavy atom. The Kier molecular flexibility index (Phi) is 19.6. The molecule has 0 aromatic heterocycles. The number of benzene rings is 1. The minimum Gasteiger partial charge on any atom is -0.759 e. The molecule has 0 spiro atoms. The van der Waals surface area contributed by atoms with E-state index >= 15 is 0 Å². The predicted molar refractivity (Wildman–Crippen MR) is 50.8 cm³/mol. The van der Waals surface area contributed by atoms with E-state index in [1.807, 2.05) is 24.3 Å². The van der Waals surface area contributed by atoms with Crippen LogP contribution in [0.3, 0.4) is 0 Å². The maximum atomic E-state index is 8.52. The van der Waals surface area contributed by atoms with Gasteiger partial charge in [-0.3, -0.25) is 8.42 Å². The topological polar surface area (TPSA) is 80.3 Å². The molecule has 0 bridgehead atoms. The van der Waals surface area contributed by atoms with Gasteiger partial charge >= 0.3 is 103 Å². The van der Waals surface area contributed by atoms with Crippen molar-refractivity contribution in [2.24, 2.45) is 0 Å². The molecule has 78 valence electrons. The van der Waals surface area contributed by atoms with Crippen LogP contribution in [0.5, 0.6) is 0 Å². The second-order valence-electron chi connectivity index (χ2n) is 2.39. The first-order chi connectivity index (χ1) is 6.43. The van der Waals surface area contributed by atoms with E-state index in [0.717, 1.165) is 6.42 Å². The van der Waals surface area contributed by atoms with Crippen molar-refractivity contribution >= 4 is 10.4 Å². The second-order valence-corrected chi connectivity index (χ2v) is 3.20. The molecule has 16 heavy (non-hydrogen) atoms. The van der Waals surface area contributed by atoms with Crippen molar-refractivity contribution in [1.29, 1.82) is 0 Å². The van der Waals surface area contributed by atoms with Gasteiger partial charge in [-0.05, 0) is 12.0 Å². The summed E-state index contributed by atoms with van der Waals surface area (Å²) in [4.78, 5) is 0. The Bertz CT molecular complexity index is 356. The molecule has 0 aliphatic heterocycles. The van der Waals surface area contributed by atoms with Crippen molar-refractivity contribution in [2.75, 3.05) is 0 Å². The van der Waals surface area contributed by atoms with Gasteiger partial charge in [0.2, 0.25) is 0 Å². The van der Waals surface area contributed by atoms with Crippen LogP contribution >= 0.6 is 0 Å². The van der Waals surface area contributed by atoms with Gasteiger partial charge in [-0.2, -0.15) is 0 Å². The Morgan fingerprint density at radius 2 is 1.50 bits per heavy atom. The predicted octanol–water partition coefficient (Wildman–Crippen LogP) is -4.91. The summed E-state index contributed by atoms with van der Waals surface area (Å²) in [6, 6.07) is 10.3. The summed E-state index contributed by atoms with van der Waals surface area (Å²) in [6.07, 6.45) is 2.89. The van der Waals surface area contributed by atoms with Crippen LogP contribution in [0, 0.1) is 0 Å². The monoisotopic (exact) mass is 292 g/mol. The van der Waals surface area contributed by atoms with Gasteiger partial charge in [-0.25, -0.2) is 0 Å². The van der Waals surface area contributed by atoms with Crippen molar-refractivity contribution in [3.63, 3.8) is 0 Å². The smallest absolute Gasteiger partial charge is 0.759 e. The first-order valence-corrected chi connectivity index (χ1v) is 5.08. The van der Waals surface area contributed by atoms with Crippen LogP contribution < -0.4 is 103 Å². The van der Waals surface area contributed by atoms with E-state index in [1.54, 1.807) is 0 Å². The molecule has 0 saturated heterocycles. The van der Waals surface area contributed by atoms with Crippen molar-refractivity contribution < 1.29 is 120 Å². The Hall–Kier alpha value is 2.10. The Labute approximate surface area is 181 Å². The summed E-state index contributed by atoms with van der Waals surface area (Å²) in [5.74, 6) is 0. The fraction of sp³-hybridized carbons (Fsp3) is 0.111. The molecule has 1 aromatic carbocycles. The van der Waals surface area contributed by atoms with Gasteiger partial charge in [-0.1, -0.05) is 36.4 Å². The van der Waals surface area contributed by atoms with Crippen molar-refractivity contribution in [1.82, 2.24) is 0 Å². The standard InChI is InChI=1S/C9H10.2K.H2O4S/c1-2-6-9-7-4-3-5-8-9;;;1-5(2,3)4/h2-5,7-8H,1,6H2;;;(H2,1,2,3,4)/q;2*+1;/p-2. The van der Waals surface area contributed by atoms with Crippen molar-refractivity contribution in [3.8, 4) is 0 Å². The van der Waals surface area contributed by atoms with Gasteiger partial charge in [0.25, 0.3) is 0 Å².